The van der Waals surface area contributed by atoms with E-state index in [0.717, 1.165) is 38.9 Å². The molecular formula is C30H28N2O. The Hall–Kier alpha value is -3.46. The van der Waals surface area contributed by atoms with Gasteiger partial charge in [-0.2, -0.15) is 0 Å². The summed E-state index contributed by atoms with van der Waals surface area (Å²) in [4.78, 5) is 9.87. The molecule has 0 N–H and O–H groups in total. The first-order valence-corrected chi connectivity index (χ1v) is 11.7. The van der Waals surface area contributed by atoms with Crippen LogP contribution in [0.5, 0.6) is 0 Å². The number of aromatic nitrogens is 2. The van der Waals surface area contributed by atoms with E-state index >= 15 is 0 Å². The van der Waals surface area contributed by atoms with E-state index in [2.05, 4.69) is 90.1 Å². The van der Waals surface area contributed by atoms with E-state index in [1.165, 1.54) is 27.8 Å². The highest BCUT2D eigenvalue weighted by Gasteiger charge is 2.37. The molecule has 1 aliphatic carbocycles. The fourth-order valence-corrected chi connectivity index (χ4v) is 5.54. The smallest absolute Gasteiger partial charge is 0.227 e. The molecule has 3 heterocycles. The van der Waals surface area contributed by atoms with Gasteiger partial charge in [-0.25, -0.2) is 4.98 Å². The highest BCUT2D eigenvalue weighted by molar-refractivity contribution is 6.10. The van der Waals surface area contributed by atoms with Crippen molar-refractivity contribution in [2.45, 2.75) is 52.9 Å². The maximum absolute atomic E-state index is 6.51. The van der Waals surface area contributed by atoms with E-state index in [0.29, 0.717) is 11.6 Å². The van der Waals surface area contributed by atoms with Crippen molar-refractivity contribution in [1.29, 1.82) is 0 Å². The minimum Gasteiger partial charge on any atom is -0.437 e. The fraction of sp³-hybridized carbons (Fsp3) is 0.267. The summed E-state index contributed by atoms with van der Waals surface area (Å²) in [5, 5.41) is 2.17. The van der Waals surface area contributed by atoms with Crippen LogP contribution in [0.15, 0.2) is 59.1 Å². The lowest BCUT2D eigenvalue weighted by Crippen LogP contribution is -2.14. The molecule has 0 bridgehead atoms. The van der Waals surface area contributed by atoms with Crippen molar-refractivity contribution in [1.82, 2.24) is 9.97 Å². The van der Waals surface area contributed by atoms with E-state index in [-0.39, 0.29) is 5.41 Å². The third-order valence-electron chi connectivity index (χ3n) is 7.39. The first kappa shape index (κ1) is 20.2. The Kier molecular flexibility index (Phi) is 4.14. The molecule has 0 spiro atoms. The zero-order valence-corrected chi connectivity index (χ0v) is 20.1. The average molecular weight is 433 g/mol. The van der Waals surface area contributed by atoms with E-state index in [1.54, 1.807) is 0 Å². The largest absolute Gasteiger partial charge is 0.437 e. The van der Waals surface area contributed by atoms with E-state index < -0.39 is 0 Å². The van der Waals surface area contributed by atoms with Crippen LogP contribution >= 0.6 is 0 Å². The van der Waals surface area contributed by atoms with Gasteiger partial charge in [-0.05, 0) is 59.7 Å². The van der Waals surface area contributed by atoms with Crippen molar-refractivity contribution in [3.63, 3.8) is 0 Å². The molecule has 2 aromatic carbocycles. The molecule has 0 saturated carbocycles. The minimum atomic E-state index is -0.0884. The van der Waals surface area contributed by atoms with E-state index in [9.17, 15) is 0 Å². The maximum Gasteiger partial charge on any atom is 0.227 e. The topological polar surface area (TPSA) is 38.9 Å². The van der Waals surface area contributed by atoms with Gasteiger partial charge in [0, 0.05) is 33.5 Å². The molecular weight excluding hydrogens is 404 g/mol. The molecule has 164 valence electrons. The van der Waals surface area contributed by atoms with Gasteiger partial charge in [0.1, 0.15) is 5.58 Å². The standard InChI is InChI=1S/C30H28N2O/c1-16(2)21-14-25(31-15-18(21)4)26-17(3)11-12-19-22-13-24-27(32-29(22)33-28(19)26)20-9-7-8-10-23(20)30(24,5)6/h7-16H,1-6H3. The Morgan fingerprint density at radius 1 is 0.879 bits per heavy atom. The molecule has 3 aromatic heterocycles. The number of rotatable bonds is 2. The summed E-state index contributed by atoms with van der Waals surface area (Å²) in [6.07, 6.45) is 1.98. The molecule has 0 amide bonds. The quantitative estimate of drug-likeness (QED) is 0.283. The predicted molar refractivity (Wildman–Crippen MR) is 136 cm³/mol. The van der Waals surface area contributed by atoms with Crippen LogP contribution in [-0.4, -0.2) is 9.97 Å². The Balaban J connectivity index is 1.65. The summed E-state index contributed by atoms with van der Waals surface area (Å²) in [7, 11) is 0. The molecule has 0 aliphatic heterocycles. The first-order chi connectivity index (χ1) is 15.8. The highest BCUT2D eigenvalue weighted by atomic mass is 16.3. The van der Waals surface area contributed by atoms with Crippen LogP contribution in [0.3, 0.4) is 0 Å². The third-order valence-corrected chi connectivity index (χ3v) is 7.39. The van der Waals surface area contributed by atoms with Gasteiger partial charge in [-0.3, -0.25) is 4.98 Å². The average Bonchev–Trinajstić information content (AvgIpc) is 3.25. The summed E-state index contributed by atoms with van der Waals surface area (Å²) in [6.45, 7) is 13.3. The van der Waals surface area contributed by atoms with Gasteiger partial charge >= 0.3 is 0 Å². The van der Waals surface area contributed by atoms with Crippen molar-refractivity contribution in [2.75, 3.05) is 0 Å². The van der Waals surface area contributed by atoms with Crippen molar-refractivity contribution < 1.29 is 4.42 Å². The first-order valence-electron chi connectivity index (χ1n) is 11.7. The van der Waals surface area contributed by atoms with Crippen molar-refractivity contribution >= 4 is 22.1 Å². The Morgan fingerprint density at radius 2 is 1.67 bits per heavy atom. The number of aryl methyl sites for hydroxylation is 2. The molecule has 33 heavy (non-hydrogen) atoms. The van der Waals surface area contributed by atoms with E-state index in [1.807, 2.05) is 6.20 Å². The monoisotopic (exact) mass is 432 g/mol. The van der Waals surface area contributed by atoms with Crippen LogP contribution in [0.2, 0.25) is 0 Å². The number of fused-ring (bicyclic) bond motifs is 6. The SMILES string of the molecule is Cc1cnc(-c2c(C)ccc3c2oc2nc4c(cc23)C(C)(C)c2ccccc2-4)cc1C(C)C. The number of pyridine rings is 2. The summed E-state index contributed by atoms with van der Waals surface area (Å²) in [5.41, 5.74) is 12.0. The van der Waals surface area contributed by atoms with Crippen molar-refractivity contribution in [3.8, 4) is 22.5 Å². The predicted octanol–water partition coefficient (Wildman–Crippen LogP) is 8.09. The van der Waals surface area contributed by atoms with Crippen LogP contribution in [0.25, 0.3) is 44.6 Å². The Labute approximate surface area is 194 Å². The molecule has 1 aliphatic rings. The fourth-order valence-electron chi connectivity index (χ4n) is 5.54. The second kappa shape index (κ2) is 6.77. The third kappa shape index (κ3) is 2.75. The van der Waals surface area contributed by atoms with Gasteiger partial charge in [-0.15, -0.1) is 0 Å². The lowest BCUT2D eigenvalue weighted by atomic mass is 9.82. The van der Waals surface area contributed by atoms with Crippen molar-refractivity contribution in [2.24, 2.45) is 0 Å². The highest BCUT2D eigenvalue weighted by Crippen LogP contribution is 2.49. The van der Waals surface area contributed by atoms with Gasteiger partial charge in [0.25, 0.3) is 0 Å². The number of furan rings is 1. The molecule has 0 unspecified atom stereocenters. The van der Waals surface area contributed by atoms with Crippen LogP contribution in [0.4, 0.5) is 0 Å². The molecule has 6 rings (SSSR count). The number of benzene rings is 2. The molecule has 5 aromatic rings. The summed E-state index contributed by atoms with van der Waals surface area (Å²) >= 11 is 0. The number of hydrogen-bond donors (Lipinski definition) is 0. The molecule has 0 saturated heterocycles. The molecule has 0 fully saturated rings. The van der Waals surface area contributed by atoms with Crippen LogP contribution < -0.4 is 0 Å². The van der Waals surface area contributed by atoms with Gasteiger partial charge in [-0.1, -0.05) is 64.1 Å². The normalized spacial score (nSPS) is 14.3. The Morgan fingerprint density at radius 3 is 2.45 bits per heavy atom. The summed E-state index contributed by atoms with van der Waals surface area (Å²) in [5.74, 6) is 0.439. The van der Waals surface area contributed by atoms with Crippen LogP contribution in [0, 0.1) is 13.8 Å². The van der Waals surface area contributed by atoms with Gasteiger partial charge in [0.2, 0.25) is 5.71 Å². The van der Waals surface area contributed by atoms with E-state index in [4.69, 9.17) is 14.4 Å². The lowest BCUT2D eigenvalue weighted by Gasteiger charge is -2.20. The molecule has 3 heteroatoms. The zero-order chi connectivity index (χ0) is 23.1. The second-order valence-corrected chi connectivity index (χ2v) is 10.2. The van der Waals surface area contributed by atoms with Gasteiger partial charge < -0.3 is 4.42 Å². The molecule has 0 atom stereocenters. The molecule has 3 nitrogen and oxygen atoms in total. The zero-order valence-electron chi connectivity index (χ0n) is 20.1. The number of nitrogens with zero attached hydrogens (tertiary/aromatic N) is 2. The molecule has 0 radical (unpaired) electrons. The lowest BCUT2D eigenvalue weighted by molar-refractivity contribution is 0.647. The summed E-state index contributed by atoms with van der Waals surface area (Å²) < 4.78 is 6.51. The summed E-state index contributed by atoms with van der Waals surface area (Å²) in [6, 6.07) is 17.5. The second-order valence-electron chi connectivity index (χ2n) is 10.2. The van der Waals surface area contributed by atoms with Gasteiger partial charge in [0.15, 0.2) is 0 Å². The number of hydrogen-bond acceptors (Lipinski definition) is 3. The van der Waals surface area contributed by atoms with Crippen LogP contribution in [0.1, 0.15) is 61.4 Å². The maximum atomic E-state index is 6.51. The van der Waals surface area contributed by atoms with Gasteiger partial charge in [0.05, 0.1) is 11.4 Å². The Bertz CT molecular complexity index is 1590. The van der Waals surface area contributed by atoms with Crippen molar-refractivity contribution in [3.05, 3.63) is 82.5 Å². The minimum absolute atomic E-state index is 0.0884. The van der Waals surface area contributed by atoms with Crippen LogP contribution in [-0.2, 0) is 5.41 Å².